The first-order valence-corrected chi connectivity index (χ1v) is 7.20. The van der Waals surface area contributed by atoms with E-state index in [1.54, 1.807) is 0 Å². The molecule has 0 radical (unpaired) electrons. The third-order valence-corrected chi connectivity index (χ3v) is 4.45. The number of benzene rings is 1. The van der Waals surface area contributed by atoms with Crippen LogP contribution in [0, 0.1) is 5.41 Å². The van der Waals surface area contributed by atoms with Gasteiger partial charge in [-0.05, 0) is 29.9 Å². The smallest absolute Gasteiger partial charge is 0.123 e. The molecule has 1 aliphatic carbocycles. The van der Waals surface area contributed by atoms with Gasteiger partial charge in [-0.3, -0.25) is 0 Å². The zero-order valence-electron chi connectivity index (χ0n) is 11.2. The van der Waals surface area contributed by atoms with Crippen LogP contribution < -0.4 is 10.1 Å². The van der Waals surface area contributed by atoms with E-state index in [-0.39, 0.29) is 0 Å². The molecule has 1 N–H and O–H groups in total. The highest BCUT2D eigenvalue weighted by atomic mass is 16.5. The number of ether oxygens (including phenoxy) is 1. The first kappa shape index (κ1) is 12.0. The maximum absolute atomic E-state index is 5.94. The van der Waals surface area contributed by atoms with Crippen molar-refractivity contribution in [2.45, 2.75) is 45.1 Å². The third-order valence-electron chi connectivity index (χ3n) is 4.45. The molecule has 1 saturated carbocycles. The summed E-state index contributed by atoms with van der Waals surface area (Å²) in [6, 6.07) is 8.40. The Morgan fingerprint density at radius 3 is 2.83 bits per heavy atom. The fourth-order valence-corrected chi connectivity index (χ4v) is 3.31. The van der Waals surface area contributed by atoms with E-state index in [1.807, 2.05) is 6.07 Å². The average Bonchev–Trinajstić information content (AvgIpc) is 2.95. The molecular weight excluding hydrogens is 222 g/mol. The second-order valence-corrected chi connectivity index (χ2v) is 6.20. The molecule has 0 bridgehead atoms. The minimum Gasteiger partial charge on any atom is -0.488 e. The number of hydrogen-bond donors (Lipinski definition) is 1. The van der Waals surface area contributed by atoms with Gasteiger partial charge in [-0.25, -0.2) is 0 Å². The second kappa shape index (κ2) is 4.93. The van der Waals surface area contributed by atoms with Crippen LogP contribution in [-0.2, 0) is 6.42 Å². The van der Waals surface area contributed by atoms with Crippen LogP contribution in [0.5, 0.6) is 5.75 Å². The summed E-state index contributed by atoms with van der Waals surface area (Å²) in [5, 5.41) is 3.62. The van der Waals surface area contributed by atoms with Gasteiger partial charge in [0.25, 0.3) is 0 Å². The zero-order chi connectivity index (χ0) is 12.4. The molecule has 1 fully saturated rings. The summed E-state index contributed by atoms with van der Waals surface area (Å²) in [5.41, 5.74) is 1.89. The Balaban J connectivity index is 1.46. The normalized spacial score (nSPS) is 24.8. The predicted octanol–water partition coefficient (Wildman–Crippen LogP) is 3.16. The fourth-order valence-electron chi connectivity index (χ4n) is 3.31. The Kier molecular flexibility index (Phi) is 3.29. The lowest BCUT2D eigenvalue weighted by Crippen LogP contribution is -2.36. The van der Waals surface area contributed by atoms with Gasteiger partial charge in [0.15, 0.2) is 0 Å². The van der Waals surface area contributed by atoms with Crippen molar-refractivity contribution in [1.29, 1.82) is 0 Å². The molecule has 1 aliphatic heterocycles. The molecule has 2 heteroatoms. The van der Waals surface area contributed by atoms with Gasteiger partial charge in [-0.15, -0.1) is 0 Å². The molecule has 2 aliphatic rings. The summed E-state index contributed by atoms with van der Waals surface area (Å²) in [4.78, 5) is 0. The van der Waals surface area contributed by atoms with Crippen LogP contribution in [0.3, 0.4) is 0 Å². The predicted molar refractivity (Wildman–Crippen MR) is 74.0 cm³/mol. The van der Waals surface area contributed by atoms with E-state index in [4.69, 9.17) is 4.74 Å². The lowest BCUT2D eigenvalue weighted by Gasteiger charge is -2.24. The summed E-state index contributed by atoms with van der Waals surface area (Å²) >= 11 is 0. The van der Waals surface area contributed by atoms with Gasteiger partial charge >= 0.3 is 0 Å². The Bertz CT molecular complexity index is 384. The molecule has 98 valence electrons. The molecule has 0 amide bonds. The molecule has 0 saturated heterocycles. The maximum atomic E-state index is 5.94. The van der Waals surface area contributed by atoms with E-state index in [9.17, 15) is 0 Å². The van der Waals surface area contributed by atoms with Crippen molar-refractivity contribution in [3.63, 3.8) is 0 Å². The number of hydrogen-bond acceptors (Lipinski definition) is 2. The van der Waals surface area contributed by atoms with Crippen LogP contribution >= 0.6 is 0 Å². The van der Waals surface area contributed by atoms with E-state index < -0.39 is 0 Å². The zero-order valence-corrected chi connectivity index (χ0v) is 11.2. The third kappa shape index (κ3) is 2.54. The van der Waals surface area contributed by atoms with Crippen molar-refractivity contribution in [2.24, 2.45) is 5.41 Å². The first-order valence-electron chi connectivity index (χ1n) is 7.20. The molecule has 1 heterocycles. The maximum Gasteiger partial charge on any atom is 0.123 e. The highest BCUT2D eigenvalue weighted by Gasteiger charge is 2.29. The summed E-state index contributed by atoms with van der Waals surface area (Å²) in [7, 11) is 0. The van der Waals surface area contributed by atoms with E-state index in [2.05, 4.69) is 30.4 Å². The first-order chi connectivity index (χ1) is 8.75. The van der Waals surface area contributed by atoms with E-state index in [1.165, 1.54) is 31.2 Å². The van der Waals surface area contributed by atoms with Crippen molar-refractivity contribution < 1.29 is 4.74 Å². The Morgan fingerprint density at radius 1 is 1.28 bits per heavy atom. The van der Waals surface area contributed by atoms with Crippen LogP contribution in [-0.4, -0.2) is 19.2 Å². The van der Waals surface area contributed by atoms with Crippen LogP contribution in [0.2, 0.25) is 0 Å². The van der Waals surface area contributed by atoms with Crippen LogP contribution in [0.4, 0.5) is 0 Å². The lowest BCUT2D eigenvalue weighted by molar-refractivity contribution is 0.214. The van der Waals surface area contributed by atoms with Crippen LogP contribution in [0.1, 0.15) is 38.2 Å². The van der Waals surface area contributed by atoms with Crippen molar-refractivity contribution in [3.8, 4) is 5.75 Å². The molecular formula is C16H23NO. The van der Waals surface area contributed by atoms with Gasteiger partial charge in [0.2, 0.25) is 0 Å². The molecule has 0 aromatic heterocycles. The van der Waals surface area contributed by atoms with Gasteiger partial charge in [-0.2, -0.15) is 0 Å². The molecule has 1 unspecified atom stereocenters. The molecule has 18 heavy (non-hydrogen) atoms. The van der Waals surface area contributed by atoms with Crippen molar-refractivity contribution >= 4 is 0 Å². The van der Waals surface area contributed by atoms with Gasteiger partial charge in [0, 0.05) is 19.5 Å². The lowest BCUT2D eigenvalue weighted by atomic mass is 9.89. The van der Waals surface area contributed by atoms with Gasteiger partial charge in [0.1, 0.15) is 11.9 Å². The molecule has 1 aromatic rings. The minimum atomic E-state index is 0.326. The van der Waals surface area contributed by atoms with Crippen LogP contribution in [0.15, 0.2) is 24.3 Å². The summed E-state index contributed by atoms with van der Waals surface area (Å²) in [6.07, 6.45) is 6.96. The molecule has 1 aromatic carbocycles. The largest absolute Gasteiger partial charge is 0.488 e. The number of para-hydroxylation sites is 1. The summed E-state index contributed by atoms with van der Waals surface area (Å²) in [6.45, 7) is 4.53. The van der Waals surface area contributed by atoms with Crippen molar-refractivity contribution in [2.75, 3.05) is 13.1 Å². The standard InChI is InChI=1S/C16H23NO/c1-16(8-4-5-9-16)12-17-11-14-10-13-6-2-3-7-15(13)18-14/h2-3,6-7,14,17H,4-5,8-12H2,1H3. The summed E-state index contributed by atoms with van der Waals surface area (Å²) in [5.74, 6) is 1.08. The summed E-state index contributed by atoms with van der Waals surface area (Å²) < 4.78 is 5.94. The SMILES string of the molecule is CC1(CNCC2Cc3ccccc3O2)CCCC1. The van der Waals surface area contributed by atoms with E-state index in [0.717, 1.165) is 25.3 Å². The van der Waals surface area contributed by atoms with Crippen molar-refractivity contribution in [1.82, 2.24) is 5.32 Å². The van der Waals surface area contributed by atoms with Crippen molar-refractivity contribution in [3.05, 3.63) is 29.8 Å². The molecule has 2 nitrogen and oxygen atoms in total. The van der Waals surface area contributed by atoms with E-state index >= 15 is 0 Å². The number of rotatable bonds is 4. The topological polar surface area (TPSA) is 21.3 Å². The van der Waals surface area contributed by atoms with Crippen LogP contribution in [0.25, 0.3) is 0 Å². The molecule has 3 rings (SSSR count). The Labute approximate surface area is 110 Å². The Morgan fingerprint density at radius 2 is 2.06 bits per heavy atom. The number of fused-ring (bicyclic) bond motifs is 1. The minimum absolute atomic E-state index is 0.326. The van der Waals surface area contributed by atoms with E-state index in [0.29, 0.717) is 11.5 Å². The van der Waals surface area contributed by atoms with Gasteiger partial charge in [0.05, 0.1) is 0 Å². The Hall–Kier alpha value is -1.02. The average molecular weight is 245 g/mol. The highest BCUT2D eigenvalue weighted by molar-refractivity contribution is 5.37. The molecule has 0 spiro atoms. The van der Waals surface area contributed by atoms with Gasteiger partial charge < -0.3 is 10.1 Å². The molecule has 1 atom stereocenters. The fraction of sp³-hybridized carbons (Fsp3) is 0.625. The second-order valence-electron chi connectivity index (χ2n) is 6.20. The quantitative estimate of drug-likeness (QED) is 0.880. The highest BCUT2D eigenvalue weighted by Crippen LogP contribution is 2.36. The number of nitrogens with one attached hydrogen (secondary N) is 1. The monoisotopic (exact) mass is 245 g/mol. The van der Waals surface area contributed by atoms with Gasteiger partial charge in [-0.1, -0.05) is 38.0 Å².